The van der Waals surface area contributed by atoms with Crippen LogP contribution < -0.4 is 10.6 Å². The van der Waals surface area contributed by atoms with Crippen molar-refractivity contribution in [3.63, 3.8) is 0 Å². The molecule has 3 rings (SSSR count). The fourth-order valence-corrected chi connectivity index (χ4v) is 2.99. The van der Waals surface area contributed by atoms with Gasteiger partial charge in [-0.2, -0.15) is 4.52 Å². The number of nitrogens with zero attached hydrogens (tertiary/aromatic N) is 6. The molecule has 1 atom stereocenters. The van der Waals surface area contributed by atoms with Crippen molar-refractivity contribution in [3.8, 4) is 0 Å². The zero-order valence-electron chi connectivity index (χ0n) is 14.4. The van der Waals surface area contributed by atoms with Crippen LogP contribution in [0.2, 0.25) is 0 Å². The van der Waals surface area contributed by atoms with E-state index in [0.717, 1.165) is 49.6 Å². The van der Waals surface area contributed by atoms with Crippen LogP contribution in [0.1, 0.15) is 32.0 Å². The van der Waals surface area contributed by atoms with Crippen molar-refractivity contribution in [2.45, 2.75) is 39.2 Å². The molecular weight excluding hydrogens is 306 g/mol. The molecule has 1 aliphatic heterocycles. The molecule has 2 aromatic heterocycles. The molecule has 1 aliphatic rings. The molecule has 0 bridgehead atoms. The molecule has 3 heterocycles. The van der Waals surface area contributed by atoms with Crippen LogP contribution >= 0.6 is 0 Å². The average Bonchev–Trinajstić information content (AvgIpc) is 2.99. The molecule has 0 spiro atoms. The van der Waals surface area contributed by atoms with Crippen LogP contribution in [0.25, 0.3) is 5.65 Å². The van der Waals surface area contributed by atoms with Crippen LogP contribution in [0.15, 0.2) is 12.1 Å². The second-order valence-electron chi connectivity index (χ2n) is 6.27. The molecular formula is C16H25N7O. The maximum absolute atomic E-state index is 12.4. The van der Waals surface area contributed by atoms with Crippen LogP contribution in [0.5, 0.6) is 0 Å². The van der Waals surface area contributed by atoms with E-state index in [1.165, 1.54) is 0 Å². The summed E-state index contributed by atoms with van der Waals surface area (Å²) in [4.78, 5) is 16.4. The number of carbonyl (C=O) groups is 1. The third kappa shape index (κ3) is 3.33. The molecule has 1 amide bonds. The van der Waals surface area contributed by atoms with E-state index in [4.69, 9.17) is 5.73 Å². The maximum atomic E-state index is 12.4. The van der Waals surface area contributed by atoms with Gasteiger partial charge in [-0.05, 0) is 25.5 Å². The first-order valence-corrected chi connectivity index (χ1v) is 8.58. The van der Waals surface area contributed by atoms with Gasteiger partial charge >= 0.3 is 0 Å². The van der Waals surface area contributed by atoms with Crippen molar-refractivity contribution in [1.82, 2.24) is 24.7 Å². The van der Waals surface area contributed by atoms with E-state index in [1.807, 2.05) is 24.0 Å². The molecule has 1 fully saturated rings. The summed E-state index contributed by atoms with van der Waals surface area (Å²) >= 11 is 0. The number of unbranched alkanes of at least 4 members (excludes halogenated alkanes) is 1. The summed E-state index contributed by atoms with van der Waals surface area (Å²) in [6.45, 7) is 6.86. The van der Waals surface area contributed by atoms with E-state index < -0.39 is 0 Å². The molecule has 0 radical (unpaired) electrons. The molecule has 0 unspecified atom stereocenters. The van der Waals surface area contributed by atoms with E-state index in [0.29, 0.717) is 13.1 Å². The highest BCUT2D eigenvalue weighted by Gasteiger charge is 2.25. The van der Waals surface area contributed by atoms with Gasteiger partial charge < -0.3 is 15.5 Å². The van der Waals surface area contributed by atoms with Crippen molar-refractivity contribution >= 4 is 17.4 Å². The van der Waals surface area contributed by atoms with Crippen LogP contribution in [-0.4, -0.2) is 62.8 Å². The summed E-state index contributed by atoms with van der Waals surface area (Å²) in [7, 11) is 0. The summed E-state index contributed by atoms with van der Waals surface area (Å²) in [6, 6.07) is 3.50. The van der Waals surface area contributed by atoms with Crippen molar-refractivity contribution in [2.24, 2.45) is 5.73 Å². The molecule has 8 nitrogen and oxygen atoms in total. The number of amides is 1. The van der Waals surface area contributed by atoms with Crippen LogP contribution in [0.4, 0.5) is 5.82 Å². The Hall–Kier alpha value is -2.22. The molecule has 0 saturated carbocycles. The number of fused-ring (bicyclic) bond motifs is 1. The van der Waals surface area contributed by atoms with Gasteiger partial charge in [-0.15, -0.1) is 15.3 Å². The second-order valence-corrected chi connectivity index (χ2v) is 6.27. The Morgan fingerprint density at radius 2 is 2.00 bits per heavy atom. The third-order valence-electron chi connectivity index (χ3n) is 4.51. The molecule has 24 heavy (non-hydrogen) atoms. The second kappa shape index (κ2) is 7.12. The van der Waals surface area contributed by atoms with Crippen molar-refractivity contribution in [3.05, 3.63) is 18.0 Å². The molecule has 2 N–H and O–H groups in total. The first-order chi connectivity index (χ1) is 11.6. The number of hydrogen-bond donors (Lipinski definition) is 1. The summed E-state index contributed by atoms with van der Waals surface area (Å²) in [5.74, 6) is 1.72. The summed E-state index contributed by atoms with van der Waals surface area (Å²) in [5.41, 5.74) is 6.76. The number of aromatic nitrogens is 4. The predicted octanol–water partition coefficient (Wildman–Crippen LogP) is 0.599. The minimum absolute atomic E-state index is 0.0705. The highest BCUT2D eigenvalue weighted by molar-refractivity contribution is 5.81. The minimum Gasteiger partial charge on any atom is -0.352 e. The van der Waals surface area contributed by atoms with Crippen molar-refractivity contribution < 1.29 is 4.79 Å². The number of aryl methyl sites for hydroxylation is 1. The smallest absolute Gasteiger partial charge is 0.239 e. The molecule has 2 aromatic rings. The molecule has 1 saturated heterocycles. The topological polar surface area (TPSA) is 92.7 Å². The maximum Gasteiger partial charge on any atom is 0.239 e. The largest absolute Gasteiger partial charge is 0.352 e. The SMILES string of the molecule is CCCC[C@@H](N)C(=O)N1CCN(c2ccc3nnc(C)n3n2)CC1. The van der Waals surface area contributed by atoms with Crippen LogP contribution in [0, 0.1) is 6.92 Å². The zero-order valence-corrected chi connectivity index (χ0v) is 14.4. The number of hydrogen-bond acceptors (Lipinski definition) is 6. The lowest BCUT2D eigenvalue weighted by Gasteiger charge is -2.36. The fraction of sp³-hybridized carbons (Fsp3) is 0.625. The normalized spacial score (nSPS) is 16.6. The van der Waals surface area contributed by atoms with E-state index in [-0.39, 0.29) is 11.9 Å². The van der Waals surface area contributed by atoms with Crippen LogP contribution in [-0.2, 0) is 4.79 Å². The minimum atomic E-state index is -0.370. The summed E-state index contributed by atoms with van der Waals surface area (Å²) in [6.07, 6.45) is 2.82. The monoisotopic (exact) mass is 331 g/mol. The Balaban J connectivity index is 1.61. The quantitative estimate of drug-likeness (QED) is 0.862. The first kappa shape index (κ1) is 16.6. The lowest BCUT2D eigenvalue weighted by molar-refractivity contribution is -0.133. The molecule has 0 aromatic carbocycles. The first-order valence-electron chi connectivity index (χ1n) is 8.58. The van der Waals surface area contributed by atoms with E-state index in [9.17, 15) is 4.79 Å². The Bertz CT molecular complexity index is 706. The number of carbonyl (C=O) groups excluding carboxylic acids is 1. The van der Waals surface area contributed by atoms with Gasteiger partial charge in [0.05, 0.1) is 6.04 Å². The van der Waals surface area contributed by atoms with Crippen molar-refractivity contribution in [1.29, 1.82) is 0 Å². The number of rotatable bonds is 5. The van der Waals surface area contributed by atoms with Gasteiger partial charge in [0.1, 0.15) is 5.82 Å². The molecule has 0 aliphatic carbocycles. The van der Waals surface area contributed by atoms with Crippen LogP contribution in [0.3, 0.4) is 0 Å². The van der Waals surface area contributed by atoms with Gasteiger partial charge in [0.2, 0.25) is 5.91 Å². The Morgan fingerprint density at radius 1 is 1.25 bits per heavy atom. The van der Waals surface area contributed by atoms with Crippen molar-refractivity contribution in [2.75, 3.05) is 31.1 Å². The highest BCUT2D eigenvalue weighted by atomic mass is 16.2. The number of nitrogens with two attached hydrogens (primary N) is 1. The van der Waals surface area contributed by atoms with Gasteiger partial charge in [-0.3, -0.25) is 4.79 Å². The summed E-state index contributed by atoms with van der Waals surface area (Å²) in [5, 5.41) is 12.7. The Kier molecular flexibility index (Phi) is 4.94. The van der Waals surface area contributed by atoms with E-state index in [2.05, 4.69) is 27.1 Å². The Morgan fingerprint density at radius 3 is 2.71 bits per heavy atom. The van der Waals surface area contributed by atoms with Gasteiger partial charge in [0.15, 0.2) is 11.5 Å². The predicted molar refractivity (Wildman–Crippen MR) is 91.8 cm³/mol. The lowest BCUT2D eigenvalue weighted by atomic mass is 10.1. The zero-order chi connectivity index (χ0) is 17.1. The highest BCUT2D eigenvalue weighted by Crippen LogP contribution is 2.15. The number of anilines is 1. The standard InChI is InChI=1S/C16H25N7O/c1-3-4-5-13(17)16(24)22-10-8-21(9-11-22)15-7-6-14-19-18-12(2)23(14)20-15/h6-7,13H,3-5,8-11,17H2,1-2H3/t13-/m1/s1. The van der Waals surface area contributed by atoms with Gasteiger partial charge in [0.25, 0.3) is 0 Å². The summed E-state index contributed by atoms with van der Waals surface area (Å²) < 4.78 is 1.74. The van der Waals surface area contributed by atoms with E-state index >= 15 is 0 Å². The molecule has 8 heteroatoms. The average molecular weight is 331 g/mol. The lowest BCUT2D eigenvalue weighted by Crippen LogP contribution is -2.53. The fourth-order valence-electron chi connectivity index (χ4n) is 2.99. The van der Waals surface area contributed by atoms with Gasteiger partial charge in [-0.1, -0.05) is 19.8 Å². The Labute approximate surface area is 141 Å². The number of piperazine rings is 1. The van der Waals surface area contributed by atoms with Gasteiger partial charge in [-0.25, -0.2) is 0 Å². The third-order valence-corrected chi connectivity index (χ3v) is 4.51. The van der Waals surface area contributed by atoms with Gasteiger partial charge in [0, 0.05) is 26.2 Å². The van der Waals surface area contributed by atoms with E-state index in [1.54, 1.807) is 4.52 Å². The molecule has 130 valence electrons.